The lowest BCUT2D eigenvalue weighted by molar-refractivity contribution is 0.885. The summed E-state index contributed by atoms with van der Waals surface area (Å²) < 4.78 is 0. The van der Waals surface area contributed by atoms with Crippen LogP contribution in [0.4, 0.5) is 5.69 Å². The zero-order chi connectivity index (χ0) is 12.1. The van der Waals surface area contributed by atoms with Crippen molar-refractivity contribution >= 4 is 5.69 Å². The summed E-state index contributed by atoms with van der Waals surface area (Å²) in [4.78, 5) is 0. The number of anilines is 1. The molecule has 2 aromatic carbocycles. The summed E-state index contributed by atoms with van der Waals surface area (Å²) >= 11 is 0. The predicted molar refractivity (Wildman–Crippen MR) is 69.6 cm³/mol. The van der Waals surface area contributed by atoms with Gasteiger partial charge in [0, 0.05) is 11.7 Å². The van der Waals surface area contributed by atoms with Crippen LogP contribution in [0, 0.1) is 11.3 Å². The standard InChI is InChI=1S/C15H14N2/c1-12(14-5-3-2-4-6-14)17-15-9-7-13(11-16)8-10-15/h2-10,12,17H,1H3. The molecule has 0 heterocycles. The van der Waals surface area contributed by atoms with Gasteiger partial charge in [-0.3, -0.25) is 0 Å². The highest BCUT2D eigenvalue weighted by molar-refractivity contribution is 5.48. The van der Waals surface area contributed by atoms with E-state index in [0.717, 1.165) is 5.69 Å². The van der Waals surface area contributed by atoms with Gasteiger partial charge >= 0.3 is 0 Å². The molecule has 0 aliphatic carbocycles. The predicted octanol–water partition coefficient (Wildman–Crippen LogP) is 3.73. The Morgan fingerprint density at radius 1 is 1.00 bits per heavy atom. The molecule has 1 atom stereocenters. The minimum Gasteiger partial charge on any atom is -0.379 e. The minimum absolute atomic E-state index is 0.254. The molecule has 2 rings (SSSR count). The van der Waals surface area contributed by atoms with Gasteiger partial charge in [-0.25, -0.2) is 0 Å². The van der Waals surface area contributed by atoms with Crippen LogP contribution in [0.2, 0.25) is 0 Å². The maximum atomic E-state index is 8.72. The van der Waals surface area contributed by atoms with Gasteiger partial charge in [0.1, 0.15) is 0 Å². The van der Waals surface area contributed by atoms with Crippen molar-refractivity contribution in [3.05, 3.63) is 65.7 Å². The van der Waals surface area contributed by atoms with Gasteiger partial charge in [-0.1, -0.05) is 30.3 Å². The largest absolute Gasteiger partial charge is 0.379 e. The zero-order valence-corrected chi connectivity index (χ0v) is 9.72. The number of nitrogens with zero attached hydrogens (tertiary/aromatic N) is 1. The van der Waals surface area contributed by atoms with E-state index in [0.29, 0.717) is 5.56 Å². The summed E-state index contributed by atoms with van der Waals surface area (Å²) in [6.07, 6.45) is 0. The number of hydrogen-bond acceptors (Lipinski definition) is 2. The fourth-order valence-electron chi connectivity index (χ4n) is 1.72. The van der Waals surface area contributed by atoms with Crippen molar-refractivity contribution in [1.29, 1.82) is 5.26 Å². The van der Waals surface area contributed by atoms with Gasteiger partial charge in [-0.05, 0) is 36.8 Å². The first kappa shape index (κ1) is 11.2. The van der Waals surface area contributed by atoms with Crippen LogP contribution in [0.3, 0.4) is 0 Å². The van der Waals surface area contributed by atoms with Crippen LogP contribution < -0.4 is 5.32 Å². The first-order valence-corrected chi connectivity index (χ1v) is 5.61. The number of hydrogen-bond donors (Lipinski definition) is 1. The van der Waals surface area contributed by atoms with Crippen molar-refractivity contribution in [2.24, 2.45) is 0 Å². The SMILES string of the molecule is CC(Nc1ccc(C#N)cc1)c1ccccc1. The summed E-state index contributed by atoms with van der Waals surface area (Å²) in [6.45, 7) is 2.12. The van der Waals surface area contributed by atoms with Crippen molar-refractivity contribution in [2.45, 2.75) is 13.0 Å². The smallest absolute Gasteiger partial charge is 0.0991 e. The third-order valence-electron chi connectivity index (χ3n) is 2.70. The Balaban J connectivity index is 2.08. The van der Waals surface area contributed by atoms with Crippen molar-refractivity contribution in [3.63, 3.8) is 0 Å². The summed E-state index contributed by atoms with van der Waals surface area (Å²) in [5.74, 6) is 0. The Kier molecular flexibility index (Phi) is 3.42. The third kappa shape index (κ3) is 2.85. The van der Waals surface area contributed by atoms with Crippen LogP contribution in [-0.4, -0.2) is 0 Å². The van der Waals surface area contributed by atoms with Crippen molar-refractivity contribution in [3.8, 4) is 6.07 Å². The molecular weight excluding hydrogens is 208 g/mol. The normalized spacial score (nSPS) is 11.5. The highest BCUT2D eigenvalue weighted by Crippen LogP contribution is 2.18. The van der Waals surface area contributed by atoms with E-state index in [4.69, 9.17) is 5.26 Å². The molecule has 1 N–H and O–H groups in total. The van der Waals surface area contributed by atoms with Crippen LogP contribution >= 0.6 is 0 Å². The second kappa shape index (κ2) is 5.18. The molecule has 0 aliphatic rings. The Labute approximate surface area is 102 Å². The average Bonchev–Trinajstić information content (AvgIpc) is 2.40. The summed E-state index contributed by atoms with van der Waals surface area (Å²) in [7, 11) is 0. The van der Waals surface area contributed by atoms with E-state index < -0.39 is 0 Å². The fraction of sp³-hybridized carbons (Fsp3) is 0.133. The molecule has 0 fully saturated rings. The molecule has 0 saturated carbocycles. The number of nitriles is 1. The molecule has 2 nitrogen and oxygen atoms in total. The molecule has 0 radical (unpaired) electrons. The number of benzene rings is 2. The molecule has 2 aromatic rings. The first-order chi connectivity index (χ1) is 8.29. The van der Waals surface area contributed by atoms with E-state index in [1.807, 2.05) is 42.5 Å². The molecule has 84 valence electrons. The van der Waals surface area contributed by atoms with Gasteiger partial charge in [0.15, 0.2) is 0 Å². The summed E-state index contributed by atoms with van der Waals surface area (Å²) in [6, 6.07) is 20.1. The molecule has 0 aromatic heterocycles. The Morgan fingerprint density at radius 2 is 1.65 bits per heavy atom. The van der Waals surface area contributed by atoms with E-state index in [1.165, 1.54) is 5.56 Å². The van der Waals surface area contributed by atoms with Crippen molar-refractivity contribution < 1.29 is 0 Å². The van der Waals surface area contributed by atoms with Crippen LogP contribution in [-0.2, 0) is 0 Å². The topological polar surface area (TPSA) is 35.8 Å². The quantitative estimate of drug-likeness (QED) is 0.858. The Bertz CT molecular complexity index is 509. The number of nitrogens with one attached hydrogen (secondary N) is 1. The van der Waals surface area contributed by atoms with Crippen LogP contribution in [0.15, 0.2) is 54.6 Å². The second-order valence-electron chi connectivity index (χ2n) is 3.97. The molecule has 17 heavy (non-hydrogen) atoms. The third-order valence-corrected chi connectivity index (χ3v) is 2.70. The summed E-state index contributed by atoms with van der Waals surface area (Å²) in [5.41, 5.74) is 2.96. The molecule has 1 unspecified atom stereocenters. The maximum absolute atomic E-state index is 8.72. The van der Waals surface area contributed by atoms with Crippen molar-refractivity contribution in [2.75, 3.05) is 5.32 Å². The van der Waals surface area contributed by atoms with Crippen LogP contribution in [0.25, 0.3) is 0 Å². The zero-order valence-electron chi connectivity index (χ0n) is 9.72. The van der Waals surface area contributed by atoms with Gasteiger partial charge < -0.3 is 5.32 Å². The minimum atomic E-state index is 0.254. The van der Waals surface area contributed by atoms with E-state index >= 15 is 0 Å². The van der Waals surface area contributed by atoms with E-state index in [1.54, 1.807) is 0 Å². The maximum Gasteiger partial charge on any atom is 0.0991 e. The van der Waals surface area contributed by atoms with Gasteiger partial charge in [0.05, 0.1) is 11.6 Å². The highest BCUT2D eigenvalue weighted by Gasteiger charge is 2.03. The number of rotatable bonds is 3. The molecule has 0 saturated heterocycles. The molecule has 0 bridgehead atoms. The first-order valence-electron chi connectivity index (χ1n) is 5.61. The Hall–Kier alpha value is -2.27. The molecule has 0 amide bonds. The van der Waals surface area contributed by atoms with Gasteiger partial charge in [-0.2, -0.15) is 5.26 Å². The second-order valence-corrected chi connectivity index (χ2v) is 3.97. The molecule has 0 spiro atoms. The highest BCUT2D eigenvalue weighted by atomic mass is 14.9. The van der Waals surface area contributed by atoms with E-state index in [9.17, 15) is 0 Å². The van der Waals surface area contributed by atoms with Crippen LogP contribution in [0.5, 0.6) is 0 Å². The Morgan fingerprint density at radius 3 is 2.24 bits per heavy atom. The van der Waals surface area contributed by atoms with E-state index in [-0.39, 0.29) is 6.04 Å². The monoisotopic (exact) mass is 222 g/mol. The van der Waals surface area contributed by atoms with Crippen LogP contribution in [0.1, 0.15) is 24.1 Å². The lowest BCUT2D eigenvalue weighted by atomic mass is 10.1. The van der Waals surface area contributed by atoms with Gasteiger partial charge in [0.25, 0.3) is 0 Å². The molecule has 2 heteroatoms. The lowest BCUT2D eigenvalue weighted by Gasteiger charge is -2.15. The average molecular weight is 222 g/mol. The van der Waals surface area contributed by atoms with Gasteiger partial charge in [0.2, 0.25) is 0 Å². The van der Waals surface area contributed by atoms with Gasteiger partial charge in [-0.15, -0.1) is 0 Å². The fourth-order valence-corrected chi connectivity index (χ4v) is 1.72. The summed E-state index contributed by atoms with van der Waals surface area (Å²) in [5, 5.41) is 12.1. The van der Waals surface area contributed by atoms with Crippen molar-refractivity contribution in [1.82, 2.24) is 0 Å². The lowest BCUT2D eigenvalue weighted by Crippen LogP contribution is -2.06. The molecule has 0 aliphatic heterocycles. The van der Waals surface area contributed by atoms with E-state index in [2.05, 4.69) is 30.4 Å². The molecular formula is C15H14N2.